The number of nitrogens with zero attached hydrogens (tertiary/aromatic N) is 1. The molecule has 2 heterocycles. The maximum atomic E-state index is 12.0. The van der Waals surface area contributed by atoms with Gasteiger partial charge in [0.25, 0.3) is 0 Å². The van der Waals surface area contributed by atoms with E-state index in [-0.39, 0.29) is 11.9 Å². The first kappa shape index (κ1) is 12.4. The predicted molar refractivity (Wildman–Crippen MR) is 72.7 cm³/mol. The molecule has 0 radical (unpaired) electrons. The summed E-state index contributed by atoms with van der Waals surface area (Å²) in [5, 5.41) is 5.23. The molecule has 1 atom stereocenters. The van der Waals surface area contributed by atoms with Crippen molar-refractivity contribution in [1.29, 1.82) is 0 Å². The highest BCUT2D eigenvalue weighted by atomic mass is 79.9. The predicted octanol–water partition coefficient (Wildman–Crippen LogP) is 2.13. The maximum Gasteiger partial charge on any atom is 0.240 e. The molecule has 1 aromatic heterocycles. The van der Waals surface area contributed by atoms with Gasteiger partial charge in [0.15, 0.2) is 0 Å². The molecular weight excluding hydrogens is 308 g/mol. The van der Waals surface area contributed by atoms with Crippen LogP contribution in [0.5, 0.6) is 0 Å². The Morgan fingerprint density at radius 3 is 3.12 bits per heavy atom. The Kier molecular flexibility index (Phi) is 4.29. The number of hydrogen-bond donors (Lipinski definition) is 1. The van der Waals surface area contributed by atoms with Gasteiger partial charge < -0.3 is 4.90 Å². The Bertz CT molecular complexity index is 377. The zero-order valence-electron chi connectivity index (χ0n) is 8.90. The molecule has 1 fully saturated rings. The first-order chi connectivity index (χ1) is 7.66. The number of thioether (sulfide) groups is 1. The highest BCUT2D eigenvalue weighted by Gasteiger charge is 2.25. The van der Waals surface area contributed by atoms with Crippen LogP contribution >= 0.6 is 39.0 Å². The largest absolute Gasteiger partial charge is 0.339 e. The third-order valence-electron chi connectivity index (χ3n) is 2.41. The first-order valence-electron chi connectivity index (χ1n) is 4.96. The van der Waals surface area contributed by atoms with E-state index in [1.165, 1.54) is 4.88 Å². The molecule has 0 spiro atoms. The van der Waals surface area contributed by atoms with Gasteiger partial charge in [-0.3, -0.25) is 10.1 Å². The topological polar surface area (TPSA) is 32.3 Å². The van der Waals surface area contributed by atoms with Gasteiger partial charge in [0.05, 0.1) is 12.6 Å². The smallest absolute Gasteiger partial charge is 0.240 e. The number of carbonyl (C=O) groups is 1. The quantitative estimate of drug-likeness (QED) is 0.926. The Labute approximate surface area is 112 Å². The van der Waals surface area contributed by atoms with Crippen molar-refractivity contribution in [2.75, 3.05) is 18.7 Å². The summed E-state index contributed by atoms with van der Waals surface area (Å²) in [5.74, 6) is 1.96. The molecule has 1 N–H and O–H groups in total. The first-order valence-corrected chi connectivity index (χ1v) is 7.78. The van der Waals surface area contributed by atoms with Crippen LogP contribution in [0.4, 0.5) is 0 Å². The number of likely N-dealkylation sites (N-methyl/N-ethyl adjacent to an activating group) is 1. The van der Waals surface area contributed by atoms with Crippen LogP contribution in [0.25, 0.3) is 0 Å². The van der Waals surface area contributed by atoms with Gasteiger partial charge in [0.2, 0.25) is 5.91 Å². The average molecular weight is 321 g/mol. The second kappa shape index (κ2) is 5.53. The van der Waals surface area contributed by atoms with Crippen LogP contribution in [0.15, 0.2) is 15.9 Å². The molecule has 1 aromatic rings. The van der Waals surface area contributed by atoms with Crippen molar-refractivity contribution in [3.63, 3.8) is 0 Å². The number of thiophene rings is 1. The summed E-state index contributed by atoms with van der Waals surface area (Å²) in [6, 6.07) is 2.06. The van der Waals surface area contributed by atoms with Crippen molar-refractivity contribution in [2.45, 2.75) is 12.6 Å². The van der Waals surface area contributed by atoms with Gasteiger partial charge in [-0.25, -0.2) is 0 Å². The molecule has 6 heteroatoms. The molecule has 0 bridgehead atoms. The number of rotatable bonds is 3. The summed E-state index contributed by atoms with van der Waals surface area (Å²) < 4.78 is 1.09. The van der Waals surface area contributed by atoms with Crippen molar-refractivity contribution in [3.8, 4) is 0 Å². The molecule has 0 aromatic carbocycles. The summed E-state index contributed by atoms with van der Waals surface area (Å²) in [4.78, 5) is 15.0. The van der Waals surface area contributed by atoms with Crippen molar-refractivity contribution in [3.05, 3.63) is 20.8 Å². The molecule has 0 saturated carbocycles. The second-order valence-corrected chi connectivity index (χ2v) is 6.64. The third-order valence-corrected chi connectivity index (χ3v) is 5.03. The van der Waals surface area contributed by atoms with Gasteiger partial charge in [0.1, 0.15) is 0 Å². The average Bonchev–Trinajstić information content (AvgIpc) is 2.88. The van der Waals surface area contributed by atoms with E-state index in [0.717, 1.165) is 16.1 Å². The lowest BCUT2D eigenvalue weighted by molar-refractivity contribution is -0.131. The van der Waals surface area contributed by atoms with Gasteiger partial charge >= 0.3 is 0 Å². The zero-order chi connectivity index (χ0) is 11.5. The number of nitrogens with one attached hydrogen (secondary N) is 1. The van der Waals surface area contributed by atoms with Gasteiger partial charge in [-0.2, -0.15) is 0 Å². The van der Waals surface area contributed by atoms with Crippen molar-refractivity contribution in [2.24, 2.45) is 0 Å². The van der Waals surface area contributed by atoms with E-state index in [9.17, 15) is 4.79 Å². The van der Waals surface area contributed by atoms with E-state index in [2.05, 4.69) is 27.3 Å². The highest BCUT2D eigenvalue weighted by Crippen LogP contribution is 2.21. The minimum atomic E-state index is -0.00148. The van der Waals surface area contributed by atoms with Gasteiger partial charge in [-0.1, -0.05) is 0 Å². The maximum absolute atomic E-state index is 12.0. The molecule has 1 unspecified atom stereocenters. The van der Waals surface area contributed by atoms with E-state index in [1.54, 1.807) is 28.0 Å². The van der Waals surface area contributed by atoms with Crippen LogP contribution in [-0.4, -0.2) is 35.5 Å². The lowest BCUT2D eigenvalue weighted by Crippen LogP contribution is -2.42. The number of amides is 1. The van der Waals surface area contributed by atoms with Crippen LogP contribution < -0.4 is 5.32 Å². The third kappa shape index (κ3) is 3.00. The van der Waals surface area contributed by atoms with E-state index in [0.29, 0.717) is 6.54 Å². The molecule has 1 aliphatic heterocycles. The summed E-state index contributed by atoms with van der Waals surface area (Å²) in [5.41, 5.74) is 0. The number of hydrogen-bond acceptors (Lipinski definition) is 4. The highest BCUT2D eigenvalue weighted by molar-refractivity contribution is 9.10. The van der Waals surface area contributed by atoms with Crippen LogP contribution in [0.1, 0.15) is 4.88 Å². The zero-order valence-corrected chi connectivity index (χ0v) is 12.1. The van der Waals surface area contributed by atoms with E-state index in [1.807, 2.05) is 12.4 Å². The summed E-state index contributed by atoms with van der Waals surface area (Å²) >= 11 is 6.86. The van der Waals surface area contributed by atoms with Crippen LogP contribution in [-0.2, 0) is 11.3 Å². The fourth-order valence-corrected chi connectivity index (χ4v) is 4.00. The number of halogens is 1. The standard InChI is InChI=1S/C10H13BrN2OS2/c1-13(3-8-2-7(11)4-16-8)10(14)9-5-15-6-12-9/h2,4,9,12H,3,5-6H2,1H3. The molecule has 1 saturated heterocycles. The lowest BCUT2D eigenvalue weighted by atomic mass is 10.3. The summed E-state index contributed by atoms with van der Waals surface area (Å²) in [7, 11) is 1.86. The van der Waals surface area contributed by atoms with Crippen molar-refractivity contribution in [1.82, 2.24) is 10.2 Å². The minimum Gasteiger partial charge on any atom is -0.339 e. The monoisotopic (exact) mass is 320 g/mol. The van der Waals surface area contributed by atoms with Gasteiger partial charge in [-0.15, -0.1) is 23.1 Å². The molecule has 16 heavy (non-hydrogen) atoms. The molecule has 1 amide bonds. The van der Waals surface area contributed by atoms with Crippen LogP contribution in [0.2, 0.25) is 0 Å². The Hall–Kier alpha value is -0.0400. The van der Waals surface area contributed by atoms with E-state index in [4.69, 9.17) is 0 Å². The minimum absolute atomic E-state index is 0.00148. The molecule has 88 valence electrons. The van der Waals surface area contributed by atoms with Crippen molar-refractivity contribution < 1.29 is 4.79 Å². The summed E-state index contributed by atoms with van der Waals surface area (Å²) in [6.45, 7) is 0.692. The molecular formula is C10H13BrN2OS2. The SMILES string of the molecule is CN(Cc1cc(Br)cs1)C(=O)C1CSCN1. The second-order valence-electron chi connectivity index (χ2n) is 3.70. The van der Waals surface area contributed by atoms with E-state index >= 15 is 0 Å². The molecule has 1 aliphatic rings. The molecule has 3 nitrogen and oxygen atoms in total. The molecule has 0 aliphatic carbocycles. The fraction of sp³-hybridized carbons (Fsp3) is 0.500. The normalized spacial score (nSPS) is 20.0. The van der Waals surface area contributed by atoms with Gasteiger partial charge in [-0.05, 0) is 22.0 Å². The van der Waals surface area contributed by atoms with E-state index < -0.39 is 0 Å². The lowest BCUT2D eigenvalue weighted by Gasteiger charge is -2.19. The Balaban J connectivity index is 1.91. The summed E-state index contributed by atoms with van der Waals surface area (Å²) in [6.07, 6.45) is 0. The van der Waals surface area contributed by atoms with Gasteiger partial charge in [0, 0.05) is 33.4 Å². The molecule has 2 rings (SSSR count). The van der Waals surface area contributed by atoms with Crippen LogP contribution in [0.3, 0.4) is 0 Å². The Morgan fingerprint density at radius 1 is 1.75 bits per heavy atom. The Morgan fingerprint density at radius 2 is 2.56 bits per heavy atom. The fourth-order valence-electron chi connectivity index (χ4n) is 1.57. The van der Waals surface area contributed by atoms with Crippen molar-refractivity contribution >= 4 is 44.9 Å². The van der Waals surface area contributed by atoms with Crippen LogP contribution in [0, 0.1) is 0 Å². The number of carbonyl (C=O) groups excluding carboxylic acids is 1.